The van der Waals surface area contributed by atoms with Gasteiger partial charge in [-0.3, -0.25) is 28.7 Å². The number of benzene rings is 6. The number of para-hydroxylation sites is 2. The minimum Gasteiger partial charge on any atom is -0.537 e. The van der Waals surface area contributed by atoms with Gasteiger partial charge in [-0.05, 0) is 101 Å². The first-order valence-electron chi connectivity index (χ1n) is 32.7. The summed E-state index contributed by atoms with van der Waals surface area (Å²) in [7, 11) is -7.93. The molecule has 0 bridgehead atoms. The number of amides is 4. The molecule has 4 amide bonds. The molecule has 536 valence electrons. The number of carboxylic acids is 1. The molecule has 6 heterocycles. The van der Waals surface area contributed by atoms with Crippen LogP contribution in [0.5, 0.6) is 11.6 Å². The molecule has 2 fully saturated rings. The first-order chi connectivity index (χ1) is 48.4. The Bertz CT molecular complexity index is 4480. The maximum atomic E-state index is 12.1. The van der Waals surface area contributed by atoms with Crippen LogP contribution in [0.1, 0.15) is 61.0 Å². The second-order valence-electron chi connectivity index (χ2n) is 23.5. The van der Waals surface area contributed by atoms with Gasteiger partial charge in [0.15, 0.2) is 0 Å². The number of ether oxygens (including phenoxy) is 4. The van der Waals surface area contributed by atoms with Gasteiger partial charge in [-0.1, -0.05) is 128 Å². The number of aromatic nitrogens is 4. The maximum Gasteiger partial charge on any atom is 3.00 e. The van der Waals surface area contributed by atoms with E-state index in [4.69, 9.17) is 43.1 Å². The molecule has 29 heteroatoms. The average molecular weight is 1890 g/mol. The van der Waals surface area contributed by atoms with Crippen molar-refractivity contribution < 1.29 is 227 Å². The van der Waals surface area contributed by atoms with Gasteiger partial charge in [-0.15, -0.1) is 41.5 Å². The fourth-order valence-electron chi connectivity index (χ4n) is 11.4. The summed E-state index contributed by atoms with van der Waals surface area (Å²) in [6.45, 7) is 2.82. The van der Waals surface area contributed by atoms with E-state index in [-0.39, 0.29) is 239 Å². The minimum atomic E-state index is -3.98. The summed E-state index contributed by atoms with van der Waals surface area (Å²) < 4.78 is 82.3. The van der Waals surface area contributed by atoms with E-state index in [0.717, 1.165) is 108 Å². The Hall–Kier alpha value is -4.92. The third kappa shape index (κ3) is 27.3. The number of aromatic carboxylic acids is 1. The van der Waals surface area contributed by atoms with E-state index in [0.29, 0.717) is 75.7 Å². The summed E-state index contributed by atoms with van der Waals surface area (Å²) in [5, 5.41) is 27.6. The van der Waals surface area contributed by atoms with Gasteiger partial charge >= 0.3 is 170 Å². The predicted octanol–water partition coefficient (Wildman–Crippen LogP) is 5.25. The van der Waals surface area contributed by atoms with E-state index in [1.807, 2.05) is 121 Å². The molecule has 2 aliphatic heterocycles. The molecule has 2 saturated heterocycles. The zero-order valence-electron chi connectivity index (χ0n) is 57.9. The summed E-state index contributed by atoms with van der Waals surface area (Å²) in [5.41, 5.74) is 7.85. The third-order valence-corrected chi connectivity index (χ3v) is 19.4. The largest absolute Gasteiger partial charge is 3.00 e. The van der Waals surface area contributed by atoms with Crippen molar-refractivity contribution in [3.05, 3.63) is 201 Å². The van der Waals surface area contributed by atoms with Crippen LogP contribution in [0, 0.1) is 19.7 Å². The summed E-state index contributed by atoms with van der Waals surface area (Å²) in [4.78, 5) is 64.3. The van der Waals surface area contributed by atoms with Gasteiger partial charge in [0.1, 0.15) is 11.6 Å². The number of pyridine rings is 4. The van der Waals surface area contributed by atoms with Gasteiger partial charge < -0.3 is 57.7 Å². The molecule has 0 radical (unpaired) electrons. The number of hydrogen-bond donors (Lipinski definition) is 7. The molecule has 23 nitrogen and oxygen atoms in total. The number of carbonyl (C=O) groups is 4. The van der Waals surface area contributed by atoms with Crippen molar-refractivity contribution >= 4 is 99.2 Å². The Kier molecular flexibility index (Phi) is 37.7. The first-order valence-corrected chi connectivity index (χ1v) is 37.0. The molecule has 6 aromatic carbocycles. The Morgan fingerprint density at radius 2 is 1.12 bits per heavy atom. The van der Waals surface area contributed by atoms with Gasteiger partial charge in [0.05, 0.1) is 74.3 Å². The molecule has 10 aromatic rings. The van der Waals surface area contributed by atoms with Crippen molar-refractivity contribution in [2.45, 2.75) is 68.7 Å². The first kappa shape index (κ1) is 88.0. The van der Waals surface area contributed by atoms with Gasteiger partial charge in [0.25, 0.3) is 20.2 Å². The van der Waals surface area contributed by atoms with Crippen LogP contribution in [0.25, 0.3) is 77.0 Å². The number of carbonyl (C=O) groups excluding carboxylic acids is 3. The number of aryl methyl sites for hydroxylation is 1. The van der Waals surface area contributed by atoms with Gasteiger partial charge in [-0.25, -0.2) is 14.6 Å². The molecule has 12 rings (SSSR count). The van der Waals surface area contributed by atoms with Crippen LogP contribution in [0.2, 0.25) is 0 Å². The van der Waals surface area contributed by atoms with E-state index in [2.05, 4.69) is 73.8 Å². The molecular formula is C75H79Cs2IrN8O15S3+2. The van der Waals surface area contributed by atoms with Crippen LogP contribution in [-0.2, 0) is 65.8 Å². The van der Waals surface area contributed by atoms with E-state index in [1.165, 1.54) is 12.3 Å². The second kappa shape index (κ2) is 44.5. The number of hydrogen-bond acceptors (Lipinski definition) is 17. The quantitative estimate of drug-likeness (QED) is 0.00959. The number of fused-ring (bicyclic) bond motifs is 7. The van der Waals surface area contributed by atoms with Crippen LogP contribution in [-0.4, -0.2) is 162 Å². The number of thioether (sulfide) groups is 1. The molecule has 3 unspecified atom stereocenters. The third-order valence-electron chi connectivity index (χ3n) is 16.3. The topological polar surface area (TPSA) is 334 Å². The number of rotatable bonds is 31. The number of nitrogens with one attached hydrogen (secondary N) is 4. The molecule has 4 aromatic heterocycles. The van der Waals surface area contributed by atoms with Gasteiger partial charge in [-0.2, -0.15) is 28.6 Å². The molecule has 0 spiro atoms. The molecule has 2 aliphatic rings. The Morgan fingerprint density at radius 3 is 1.66 bits per heavy atom. The average Bonchev–Trinajstić information content (AvgIpc) is 0.992. The summed E-state index contributed by atoms with van der Waals surface area (Å²) in [6, 6.07) is 55.8. The Morgan fingerprint density at radius 1 is 0.587 bits per heavy atom. The van der Waals surface area contributed by atoms with Crippen LogP contribution in [0.3, 0.4) is 0 Å². The van der Waals surface area contributed by atoms with E-state index in [1.54, 1.807) is 18.2 Å². The van der Waals surface area contributed by atoms with Crippen molar-refractivity contribution in [1.82, 2.24) is 41.2 Å². The smallest absolute Gasteiger partial charge is 0.537 e. The molecule has 0 saturated carbocycles. The summed E-state index contributed by atoms with van der Waals surface area (Å²) >= 11 is 1.89. The zero-order valence-corrected chi connectivity index (χ0v) is 75.3. The van der Waals surface area contributed by atoms with E-state index in [9.17, 15) is 36.0 Å². The summed E-state index contributed by atoms with van der Waals surface area (Å²) in [5.74, 6) is 0.121. The van der Waals surface area contributed by atoms with Crippen molar-refractivity contribution in [3.63, 3.8) is 0 Å². The Balaban J connectivity index is 0.000000249. The van der Waals surface area contributed by atoms with Crippen molar-refractivity contribution in [2.75, 3.05) is 70.0 Å². The normalized spacial score (nSPS) is 14.2. The fourth-order valence-corrected chi connectivity index (χ4v) is 13.9. The van der Waals surface area contributed by atoms with Gasteiger partial charge in [0, 0.05) is 65.2 Å². The van der Waals surface area contributed by atoms with Crippen LogP contribution < -0.4 is 169 Å². The van der Waals surface area contributed by atoms with E-state index < -0.39 is 26.2 Å². The molecule has 0 aliphatic carbocycles. The van der Waals surface area contributed by atoms with Gasteiger partial charge in [0.2, 0.25) is 11.8 Å². The number of carboxylic acid groups (broad SMARTS) is 1. The van der Waals surface area contributed by atoms with Crippen molar-refractivity contribution in [3.8, 4) is 45.3 Å². The second-order valence-corrected chi connectivity index (χ2v) is 27.9. The van der Waals surface area contributed by atoms with Crippen LogP contribution >= 0.6 is 11.8 Å². The molecule has 104 heavy (non-hydrogen) atoms. The monoisotopic (exact) mass is 1890 g/mol. The van der Waals surface area contributed by atoms with E-state index >= 15 is 0 Å². The van der Waals surface area contributed by atoms with Crippen LogP contribution in [0.15, 0.2) is 170 Å². The Labute approximate surface area is 741 Å². The SMILES string of the molecule is O=C(CCCCC1SCC2NC(=O)NC21)NCCOCCOCCNC(=O)CCc1ccc(-c2ccc(C(=O)O)nc2)cc1.O=S(=O)(O)CCCOc1c[c-]c(-c2nc3ccccc3c3ccccc23)cc1.O=S(=O)(O)CCCOc1ccc(-c2nc3ccccc3c3ccccc23)[c-]n1.[CH3-].[Cs+].[Cs+].[Ir+3]. The summed E-state index contributed by atoms with van der Waals surface area (Å²) in [6.07, 6.45) is 9.13. The molecule has 7 N–H and O–H groups in total. The minimum absolute atomic E-state index is 0. The molecule has 3 atom stereocenters. The van der Waals surface area contributed by atoms with Crippen LogP contribution in [0.4, 0.5) is 4.79 Å². The maximum absolute atomic E-state index is 12.1. The standard InChI is InChI=1S/C31H41N5O7S.C22H18NO4S.C21H17N2O4S.CH3.2Cs.Ir/c37-27(4-2-1-3-26-29-25(20-44-26)35-31(41)36-29)32-13-15-42-17-18-43-16-14-33-28(38)12-7-21-5-8-22(9-6-21)23-10-11-24(30(39)40)34-19-23;24-28(25,26)15-5-14-27-17-12-10-16(11-13-17)22-20-8-2-1-6-18(20)19-7-3-4-9-21(19)23-22;24-28(25,26)13-5-12-27-20-11-10-15(14-22-20)21-18-8-2-1-6-16(18)17-7-3-4-9-19(17)23-21;;;;/h5-6,8-11,19,25-26,29H,1-4,7,12-18,20H2,(H,32,37)(H,33,38)(H,39,40)(H2,35,36,41);1-4,6-10,12-13H,5,14-15H2,(H,24,25,26);1-4,6-11H,5,12-13H2,(H,24,25,26);1H3;;;/q;3*-1;2*+1;+3. The van der Waals surface area contributed by atoms with Crippen molar-refractivity contribution in [1.29, 1.82) is 0 Å². The zero-order chi connectivity index (χ0) is 70.3. The van der Waals surface area contributed by atoms with Crippen molar-refractivity contribution in [2.24, 2.45) is 0 Å². The number of urea groups is 1. The fraction of sp³-hybridized carbons (Fsp3) is 0.293. The predicted molar refractivity (Wildman–Crippen MR) is 391 cm³/mol. The number of unbranched alkanes of at least 4 members (excludes halogenated alkanes) is 1. The number of nitrogens with zero attached hydrogens (tertiary/aromatic N) is 4. The molecular weight excluding hydrogens is 1810 g/mol.